The molecule has 17 heavy (non-hydrogen) atoms. The second kappa shape index (κ2) is 4.74. The van der Waals surface area contributed by atoms with Crippen LogP contribution in [0.1, 0.15) is 0 Å². The molecular formula is C10H11N2O4S+. The van der Waals surface area contributed by atoms with E-state index in [1.165, 1.54) is 4.68 Å². The monoisotopic (exact) mass is 255 g/mol. The maximum absolute atomic E-state index is 11.0. The second-order valence-corrected chi connectivity index (χ2v) is 4.62. The Labute approximate surface area is 98.7 Å². The third kappa shape index (κ3) is 2.96. The van der Waals surface area contributed by atoms with E-state index in [9.17, 15) is 8.42 Å². The van der Waals surface area contributed by atoms with Crippen LogP contribution in [-0.4, -0.2) is 20.6 Å². The fourth-order valence-electron chi connectivity index (χ4n) is 1.30. The number of nitrogens with zero attached hydrogens (tertiary/aromatic N) is 2. The number of benzene rings is 1. The molecule has 0 spiro atoms. The summed E-state index contributed by atoms with van der Waals surface area (Å²) in [7, 11) is -2.90. The molecule has 90 valence electrons. The molecule has 0 saturated heterocycles. The molecule has 0 N–H and O–H groups in total. The molecular weight excluding hydrogens is 244 g/mol. The van der Waals surface area contributed by atoms with Crippen LogP contribution < -0.4 is 4.68 Å². The van der Waals surface area contributed by atoms with Gasteiger partial charge in [-0.3, -0.25) is 4.18 Å². The van der Waals surface area contributed by atoms with Crippen molar-refractivity contribution in [3.05, 3.63) is 36.5 Å². The van der Waals surface area contributed by atoms with Crippen molar-refractivity contribution in [2.24, 2.45) is 0 Å². The zero-order valence-corrected chi connectivity index (χ0v) is 9.92. The van der Waals surface area contributed by atoms with Crippen molar-refractivity contribution in [1.82, 2.24) is 5.10 Å². The minimum absolute atomic E-state index is 0.221. The normalized spacial score (nSPS) is 11.8. The molecule has 0 unspecified atom stereocenters. The molecule has 1 heterocycles. The summed E-state index contributed by atoms with van der Waals surface area (Å²) in [5.74, 6) is 0. The van der Waals surface area contributed by atoms with Crippen LogP contribution in [0.3, 0.4) is 0 Å². The van der Waals surface area contributed by atoms with Crippen molar-refractivity contribution in [1.29, 1.82) is 0 Å². The van der Waals surface area contributed by atoms with E-state index in [2.05, 4.69) is 13.5 Å². The Balaban J connectivity index is 2.20. The van der Waals surface area contributed by atoms with Crippen LogP contribution in [0.25, 0.3) is 10.9 Å². The van der Waals surface area contributed by atoms with Gasteiger partial charge in [0.1, 0.15) is 5.52 Å². The lowest BCUT2D eigenvalue weighted by Gasteiger charge is -1.98. The Morgan fingerprint density at radius 1 is 1.29 bits per heavy atom. The fourth-order valence-corrected chi connectivity index (χ4v) is 1.63. The van der Waals surface area contributed by atoms with E-state index < -0.39 is 10.4 Å². The maximum atomic E-state index is 11.0. The van der Waals surface area contributed by atoms with Crippen molar-refractivity contribution in [3.8, 4) is 0 Å². The lowest BCUT2D eigenvalue weighted by atomic mass is 10.2. The fraction of sp³-hybridized carbons (Fsp3) is 0.200. The van der Waals surface area contributed by atoms with Gasteiger partial charge in [-0.1, -0.05) is 22.9 Å². The molecule has 0 aliphatic heterocycles. The van der Waals surface area contributed by atoms with E-state index in [0.717, 1.165) is 18.0 Å². The first kappa shape index (κ1) is 11.9. The van der Waals surface area contributed by atoms with E-state index >= 15 is 0 Å². The first-order valence-electron chi connectivity index (χ1n) is 4.81. The molecule has 0 radical (unpaired) electrons. The predicted molar refractivity (Wildman–Crippen MR) is 59.0 cm³/mol. The Morgan fingerprint density at radius 2 is 2.06 bits per heavy atom. The third-order valence-electron chi connectivity index (χ3n) is 2.13. The molecule has 2 aromatic rings. The molecule has 0 amide bonds. The Hall–Kier alpha value is -1.57. The average molecular weight is 255 g/mol. The van der Waals surface area contributed by atoms with Gasteiger partial charge in [0.05, 0.1) is 7.11 Å². The van der Waals surface area contributed by atoms with Gasteiger partial charge < -0.3 is 0 Å². The van der Waals surface area contributed by atoms with Crippen LogP contribution in [0.15, 0.2) is 36.5 Å². The zero-order chi connectivity index (χ0) is 12.3. The molecule has 2 rings (SSSR count). The minimum Gasteiger partial charge on any atom is -0.251 e. The van der Waals surface area contributed by atoms with Gasteiger partial charge in [-0.2, -0.15) is 12.6 Å². The van der Waals surface area contributed by atoms with Crippen LogP contribution in [-0.2, 0) is 25.5 Å². The average Bonchev–Trinajstić information content (AvgIpc) is 2.36. The summed E-state index contributed by atoms with van der Waals surface area (Å²) in [6.45, 7) is -0.221. The van der Waals surface area contributed by atoms with Crippen LogP contribution >= 0.6 is 0 Å². The van der Waals surface area contributed by atoms with E-state index in [-0.39, 0.29) is 6.73 Å². The summed E-state index contributed by atoms with van der Waals surface area (Å²) in [5, 5.41) is 5.15. The maximum Gasteiger partial charge on any atom is 0.404 e. The number of rotatable bonds is 4. The molecule has 0 aliphatic carbocycles. The third-order valence-corrected chi connectivity index (χ3v) is 2.93. The molecule has 0 atom stereocenters. The van der Waals surface area contributed by atoms with Crippen LogP contribution in [0.4, 0.5) is 0 Å². The van der Waals surface area contributed by atoms with Crippen molar-refractivity contribution in [2.75, 3.05) is 7.11 Å². The largest absolute Gasteiger partial charge is 0.404 e. The zero-order valence-electron chi connectivity index (χ0n) is 9.11. The van der Waals surface area contributed by atoms with Gasteiger partial charge in [-0.25, -0.2) is 0 Å². The first-order valence-corrected chi connectivity index (χ1v) is 6.14. The predicted octanol–water partition coefficient (Wildman–Crippen LogP) is 0.388. The van der Waals surface area contributed by atoms with Gasteiger partial charge in [0.2, 0.25) is 0 Å². The molecule has 0 saturated carbocycles. The molecule has 7 heteroatoms. The quantitative estimate of drug-likeness (QED) is 0.739. The Morgan fingerprint density at radius 3 is 2.82 bits per heavy atom. The minimum atomic E-state index is -3.93. The summed E-state index contributed by atoms with van der Waals surface area (Å²) in [6, 6.07) is 9.33. The SMILES string of the molecule is COS(=O)(=O)OC[n+]1ccc2ccccc2n1. The number of aromatic nitrogens is 2. The lowest BCUT2D eigenvalue weighted by Crippen LogP contribution is -2.39. The van der Waals surface area contributed by atoms with Crippen molar-refractivity contribution < 1.29 is 21.5 Å². The number of hydrogen-bond donors (Lipinski definition) is 0. The van der Waals surface area contributed by atoms with E-state index in [1.54, 1.807) is 6.20 Å². The summed E-state index contributed by atoms with van der Waals surface area (Å²) in [6.07, 6.45) is 1.63. The topological polar surface area (TPSA) is 69.4 Å². The van der Waals surface area contributed by atoms with Gasteiger partial charge in [0.25, 0.3) is 6.73 Å². The van der Waals surface area contributed by atoms with Gasteiger partial charge in [-0.05, 0) is 6.07 Å². The highest BCUT2D eigenvalue weighted by molar-refractivity contribution is 7.81. The Bertz CT molecular complexity index is 627. The first-order chi connectivity index (χ1) is 8.11. The van der Waals surface area contributed by atoms with Gasteiger partial charge in [0, 0.05) is 16.6 Å². The van der Waals surface area contributed by atoms with Crippen LogP contribution in [0.5, 0.6) is 0 Å². The van der Waals surface area contributed by atoms with Gasteiger partial charge >= 0.3 is 10.4 Å². The highest BCUT2D eigenvalue weighted by Crippen LogP contribution is 2.06. The van der Waals surface area contributed by atoms with E-state index in [1.807, 2.05) is 30.3 Å². The van der Waals surface area contributed by atoms with Crippen molar-refractivity contribution in [3.63, 3.8) is 0 Å². The van der Waals surface area contributed by atoms with Crippen LogP contribution in [0.2, 0.25) is 0 Å². The standard InChI is InChI=1S/C10H11N2O4S/c1-15-17(13,14)16-8-12-7-6-9-4-2-3-5-10(9)11-12/h2-7H,8H2,1H3/q+1. The molecule has 6 nitrogen and oxygen atoms in total. The lowest BCUT2D eigenvalue weighted by molar-refractivity contribution is -0.776. The summed E-state index contributed by atoms with van der Waals surface area (Å²) >= 11 is 0. The summed E-state index contributed by atoms with van der Waals surface area (Å²) < 4.78 is 32.0. The summed E-state index contributed by atoms with van der Waals surface area (Å²) in [5.41, 5.74) is 0.758. The number of fused-ring (bicyclic) bond motifs is 1. The van der Waals surface area contributed by atoms with Gasteiger partial charge in [0.15, 0.2) is 6.20 Å². The molecule has 1 aromatic heterocycles. The van der Waals surface area contributed by atoms with E-state index in [0.29, 0.717) is 0 Å². The van der Waals surface area contributed by atoms with E-state index in [4.69, 9.17) is 0 Å². The van der Waals surface area contributed by atoms with Crippen molar-refractivity contribution in [2.45, 2.75) is 6.73 Å². The smallest absolute Gasteiger partial charge is 0.251 e. The highest BCUT2D eigenvalue weighted by Gasteiger charge is 2.13. The Kier molecular flexibility index (Phi) is 3.32. The van der Waals surface area contributed by atoms with Crippen molar-refractivity contribution >= 4 is 21.3 Å². The van der Waals surface area contributed by atoms with Crippen LogP contribution in [0, 0.1) is 0 Å². The molecule has 0 fully saturated rings. The van der Waals surface area contributed by atoms with Gasteiger partial charge in [-0.15, -0.1) is 0 Å². The molecule has 0 aliphatic rings. The molecule has 1 aromatic carbocycles. The highest BCUT2D eigenvalue weighted by atomic mass is 32.3. The second-order valence-electron chi connectivity index (χ2n) is 3.24. The number of hydrogen-bond acceptors (Lipinski definition) is 5. The summed E-state index contributed by atoms with van der Waals surface area (Å²) in [4.78, 5) is 0. The molecule has 0 bridgehead atoms.